The predicted molar refractivity (Wildman–Crippen MR) is 98.5 cm³/mol. The summed E-state index contributed by atoms with van der Waals surface area (Å²) in [7, 11) is 0. The van der Waals surface area contributed by atoms with Gasteiger partial charge in [0.1, 0.15) is 5.82 Å². The topological polar surface area (TPSA) is 31.4 Å². The van der Waals surface area contributed by atoms with E-state index in [9.17, 15) is 0 Å². The van der Waals surface area contributed by atoms with E-state index in [0.717, 1.165) is 19.0 Å². The Bertz CT molecular complexity index is 627. The zero-order valence-corrected chi connectivity index (χ0v) is 14.5. The Labute approximate surface area is 142 Å². The second kappa shape index (κ2) is 7.16. The van der Waals surface area contributed by atoms with Crippen molar-refractivity contribution in [2.24, 2.45) is 5.92 Å². The zero-order chi connectivity index (χ0) is 15.5. The van der Waals surface area contributed by atoms with Gasteiger partial charge in [0.05, 0.1) is 4.70 Å². The third-order valence-corrected chi connectivity index (χ3v) is 6.10. The highest BCUT2D eigenvalue weighted by molar-refractivity contribution is 7.13. The van der Waals surface area contributed by atoms with E-state index < -0.39 is 0 Å². The molecule has 2 saturated heterocycles. The molecule has 23 heavy (non-hydrogen) atoms. The minimum atomic E-state index is 0.893. The summed E-state index contributed by atoms with van der Waals surface area (Å²) < 4.78 is 6.00. The number of nitrogens with zero attached hydrogens (tertiary/aromatic N) is 3. The molecule has 4 rings (SSSR count). The number of rotatable bonds is 4. The van der Waals surface area contributed by atoms with Crippen LogP contribution >= 0.6 is 11.5 Å². The van der Waals surface area contributed by atoms with Crippen LogP contribution in [0, 0.1) is 5.92 Å². The van der Waals surface area contributed by atoms with Gasteiger partial charge in [-0.2, -0.15) is 4.37 Å². The maximum absolute atomic E-state index is 4.70. The van der Waals surface area contributed by atoms with E-state index in [0.29, 0.717) is 0 Å². The minimum Gasteiger partial charge on any atom is -0.353 e. The first-order chi connectivity index (χ1) is 11.4. The van der Waals surface area contributed by atoms with E-state index in [-0.39, 0.29) is 0 Å². The van der Waals surface area contributed by atoms with Crippen LogP contribution < -0.4 is 10.2 Å². The lowest BCUT2D eigenvalue weighted by atomic mass is 9.96. The number of hydrogen-bond acceptors (Lipinski definition) is 5. The van der Waals surface area contributed by atoms with Crippen LogP contribution in [-0.4, -0.2) is 55.1 Å². The third kappa shape index (κ3) is 3.52. The van der Waals surface area contributed by atoms with Crippen molar-refractivity contribution in [2.45, 2.75) is 19.3 Å². The number of piperidine rings is 1. The number of anilines is 1. The van der Waals surface area contributed by atoms with Crippen LogP contribution in [0.3, 0.4) is 0 Å². The normalized spacial score (nSPS) is 23.5. The van der Waals surface area contributed by atoms with Crippen molar-refractivity contribution < 1.29 is 0 Å². The van der Waals surface area contributed by atoms with Gasteiger partial charge >= 0.3 is 0 Å². The highest BCUT2D eigenvalue weighted by Crippen LogP contribution is 2.29. The second-order valence-corrected chi connectivity index (χ2v) is 7.64. The van der Waals surface area contributed by atoms with Crippen LogP contribution in [0.2, 0.25) is 0 Å². The quantitative estimate of drug-likeness (QED) is 0.934. The molecule has 0 saturated carbocycles. The van der Waals surface area contributed by atoms with Crippen LogP contribution in [0.1, 0.15) is 19.3 Å². The SMILES string of the molecule is c1ccc2c(N3CCN(CCC4CCCNC4)CC3)nsc2c1. The van der Waals surface area contributed by atoms with Gasteiger partial charge in [0, 0.05) is 31.6 Å². The van der Waals surface area contributed by atoms with E-state index in [1.807, 2.05) is 0 Å². The summed E-state index contributed by atoms with van der Waals surface area (Å²) in [4.78, 5) is 5.11. The van der Waals surface area contributed by atoms with Gasteiger partial charge < -0.3 is 10.2 Å². The monoisotopic (exact) mass is 330 g/mol. The standard InChI is InChI=1S/C18H26N4S/c1-2-6-17-16(5-1)18(20-23-17)22-12-10-21(11-13-22)9-7-15-4-3-8-19-14-15/h1-2,5-6,15,19H,3-4,7-14H2. The van der Waals surface area contributed by atoms with E-state index in [2.05, 4.69) is 39.4 Å². The first-order valence-electron chi connectivity index (χ1n) is 8.92. The lowest BCUT2D eigenvalue weighted by Gasteiger charge is -2.36. The van der Waals surface area contributed by atoms with Gasteiger partial charge in [-0.25, -0.2) is 0 Å². The Morgan fingerprint density at radius 3 is 2.87 bits per heavy atom. The van der Waals surface area contributed by atoms with Crippen molar-refractivity contribution in [3.63, 3.8) is 0 Å². The molecule has 3 heterocycles. The van der Waals surface area contributed by atoms with E-state index in [4.69, 9.17) is 4.37 Å². The summed E-state index contributed by atoms with van der Waals surface area (Å²) in [5.41, 5.74) is 0. The lowest BCUT2D eigenvalue weighted by molar-refractivity contribution is 0.226. The fourth-order valence-electron chi connectivity index (χ4n) is 3.82. The lowest BCUT2D eigenvalue weighted by Crippen LogP contribution is -2.47. The number of aromatic nitrogens is 1. The summed E-state index contributed by atoms with van der Waals surface area (Å²) >= 11 is 1.63. The maximum atomic E-state index is 4.70. The maximum Gasteiger partial charge on any atom is 0.150 e. The molecule has 1 aromatic carbocycles. The number of fused-ring (bicyclic) bond motifs is 1. The molecule has 5 heteroatoms. The van der Waals surface area contributed by atoms with Crippen LogP contribution in [-0.2, 0) is 0 Å². The van der Waals surface area contributed by atoms with Gasteiger partial charge in [-0.15, -0.1) is 0 Å². The number of piperazine rings is 1. The molecule has 0 spiro atoms. The van der Waals surface area contributed by atoms with Crippen LogP contribution in [0.15, 0.2) is 24.3 Å². The highest BCUT2D eigenvalue weighted by Gasteiger charge is 2.21. The van der Waals surface area contributed by atoms with Crippen molar-refractivity contribution >= 4 is 27.4 Å². The van der Waals surface area contributed by atoms with Gasteiger partial charge in [-0.1, -0.05) is 12.1 Å². The van der Waals surface area contributed by atoms with E-state index in [1.54, 1.807) is 11.5 Å². The first kappa shape index (κ1) is 15.4. The van der Waals surface area contributed by atoms with Crippen molar-refractivity contribution in [3.05, 3.63) is 24.3 Å². The Morgan fingerprint density at radius 1 is 1.17 bits per heavy atom. The van der Waals surface area contributed by atoms with Crippen molar-refractivity contribution in [1.29, 1.82) is 0 Å². The first-order valence-corrected chi connectivity index (χ1v) is 9.70. The molecule has 4 nitrogen and oxygen atoms in total. The number of benzene rings is 1. The fraction of sp³-hybridized carbons (Fsp3) is 0.611. The zero-order valence-electron chi connectivity index (χ0n) is 13.7. The molecule has 0 aliphatic carbocycles. The van der Waals surface area contributed by atoms with Gasteiger partial charge in [0.2, 0.25) is 0 Å². The van der Waals surface area contributed by atoms with E-state index in [1.165, 1.54) is 67.9 Å². The van der Waals surface area contributed by atoms with Gasteiger partial charge in [-0.3, -0.25) is 4.90 Å². The van der Waals surface area contributed by atoms with Crippen LogP contribution in [0.5, 0.6) is 0 Å². The van der Waals surface area contributed by atoms with Crippen LogP contribution in [0.25, 0.3) is 10.1 Å². The van der Waals surface area contributed by atoms with E-state index >= 15 is 0 Å². The Morgan fingerprint density at radius 2 is 2.04 bits per heavy atom. The smallest absolute Gasteiger partial charge is 0.150 e. The largest absolute Gasteiger partial charge is 0.353 e. The molecule has 124 valence electrons. The molecule has 1 unspecified atom stereocenters. The Kier molecular flexibility index (Phi) is 4.78. The molecule has 0 bridgehead atoms. The Hall–Kier alpha value is -1.17. The molecule has 2 fully saturated rings. The van der Waals surface area contributed by atoms with Gasteiger partial charge in [-0.05, 0) is 68.5 Å². The predicted octanol–water partition coefficient (Wildman–Crippen LogP) is 2.81. The third-order valence-electron chi connectivity index (χ3n) is 5.28. The number of hydrogen-bond donors (Lipinski definition) is 1. The molecule has 0 amide bonds. The molecular formula is C18H26N4S. The summed E-state index contributed by atoms with van der Waals surface area (Å²) in [5, 5.41) is 4.85. The molecule has 2 aliphatic rings. The van der Waals surface area contributed by atoms with Crippen molar-refractivity contribution in [3.8, 4) is 0 Å². The summed E-state index contributed by atoms with van der Waals surface area (Å²) in [6.07, 6.45) is 4.12. The van der Waals surface area contributed by atoms with Gasteiger partial charge in [0.15, 0.2) is 0 Å². The molecule has 1 aromatic heterocycles. The highest BCUT2D eigenvalue weighted by atomic mass is 32.1. The molecular weight excluding hydrogens is 304 g/mol. The van der Waals surface area contributed by atoms with Gasteiger partial charge in [0.25, 0.3) is 0 Å². The van der Waals surface area contributed by atoms with Crippen LogP contribution in [0.4, 0.5) is 5.82 Å². The molecule has 2 aromatic rings. The summed E-state index contributed by atoms with van der Waals surface area (Å²) in [6, 6.07) is 8.60. The minimum absolute atomic E-state index is 0.893. The van der Waals surface area contributed by atoms with Crippen molar-refractivity contribution in [2.75, 3.05) is 50.7 Å². The second-order valence-electron chi connectivity index (χ2n) is 6.83. The molecule has 1 N–H and O–H groups in total. The molecule has 2 aliphatic heterocycles. The average molecular weight is 331 g/mol. The fourth-order valence-corrected chi connectivity index (χ4v) is 4.62. The molecule has 0 radical (unpaired) electrons. The summed E-state index contributed by atoms with van der Waals surface area (Å²) in [6.45, 7) is 8.27. The van der Waals surface area contributed by atoms with Crippen molar-refractivity contribution in [1.82, 2.24) is 14.6 Å². The Balaban J connectivity index is 1.30. The average Bonchev–Trinajstić information content (AvgIpc) is 3.05. The summed E-state index contributed by atoms with van der Waals surface area (Å²) in [5.74, 6) is 2.09. The molecule has 1 atom stereocenters. The number of nitrogens with one attached hydrogen (secondary N) is 1.